The van der Waals surface area contributed by atoms with E-state index in [1.165, 1.54) is 7.11 Å². The van der Waals surface area contributed by atoms with E-state index in [2.05, 4.69) is 15.9 Å². The van der Waals surface area contributed by atoms with Crippen molar-refractivity contribution in [2.75, 3.05) is 7.11 Å². The van der Waals surface area contributed by atoms with E-state index in [1.54, 1.807) is 6.92 Å². The van der Waals surface area contributed by atoms with Gasteiger partial charge in [-0.05, 0) is 49.4 Å². The molecule has 0 heterocycles. The predicted octanol–water partition coefficient (Wildman–Crippen LogP) is 2.78. The van der Waals surface area contributed by atoms with Gasteiger partial charge in [-0.25, -0.2) is 0 Å². The maximum Gasteiger partial charge on any atom is 0.311 e. The number of hydrogen-bond acceptors (Lipinski definition) is 3. The number of aliphatic hydroxyl groups is 1. The van der Waals surface area contributed by atoms with Crippen LogP contribution in [0.1, 0.15) is 30.9 Å². The molecule has 0 aliphatic heterocycles. The number of hydrogen-bond donors (Lipinski definition) is 1. The smallest absolute Gasteiger partial charge is 0.311 e. The SMILES string of the molecule is COC(=O)[C@H](C)[C@]1(O)CCCc2ccc(Br)cc21. The van der Waals surface area contributed by atoms with Crippen LogP contribution >= 0.6 is 15.9 Å². The maximum absolute atomic E-state index is 11.7. The number of rotatable bonds is 2. The Morgan fingerprint density at radius 2 is 2.28 bits per heavy atom. The Labute approximate surface area is 115 Å². The van der Waals surface area contributed by atoms with E-state index in [4.69, 9.17) is 4.74 Å². The Morgan fingerprint density at radius 3 is 2.94 bits per heavy atom. The maximum atomic E-state index is 11.7. The van der Waals surface area contributed by atoms with Gasteiger partial charge in [0.05, 0.1) is 13.0 Å². The highest BCUT2D eigenvalue weighted by Gasteiger charge is 2.43. The van der Waals surface area contributed by atoms with Crippen molar-refractivity contribution >= 4 is 21.9 Å². The van der Waals surface area contributed by atoms with E-state index in [0.717, 1.165) is 28.4 Å². The number of ether oxygens (including phenoxy) is 1. The molecule has 0 fully saturated rings. The highest BCUT2D eigenvalue weighted by molar-refractivity contribution is 9.10. The summed E-state index contributed by atoms with van der Waals surface area (Å²) in [7, 11) is 1.35. The first-order valence-electron chi connectivity index (χ1n) is 6.08. The Kier molecular flexibility index (Phi) is 3.78. The quantitative estimate of drug-likeness (QED) is 0.854. The van der Waals surface area contributed by atoms with E-state index in [9.17, 15) is 9.90 Å². The number of fused-ring (bicyclic) bond motifs is 1. The summed E-state index contributed by atoms with van der Waals surface area (Å²) in [6.07, 6.45) is 2.41. The van der Waals surface area contributed by atoms with Gasteiger partial charge < -0.3 is 9.84 Å². The van der Waals surface area contributed by atoms with Crippen LogP contribution in [0.2, 0.25) is 0 Å². The van der Waals surface area contributed by atoms with Gasteiger partial charge in [0, 0.05) is 4.47 Å². The molecule has 98 valence electrons. The molecule has 0 radical (unpaired) electrons. The summed E-state index contributed by atoms with van der Waals surface area (Å²) in [6, 6.07) is 5.88. The minimum atomic E-state index is -1.12. The van der Waals surface area contributed by atoms with Crippen LogP contribution in [0, 0.1) is 5.92 Å². The third-order valence-corrected chi connectivity index (χ3v) is 4.31. The molecule has 3 nitrogen and oxygen atoms in total. The van der Waals surface area contributed by atoms with Crippen molar-refractivity contribution in [3.8, 4) is 0 Å². The largest absolute Gasteiger partial charge is 0.469 e. The van der Waals surface area contributed by atoms with Gasteiger partial charge in [-0.1, -0.05) is 22.0 Å². The van der Waals surface area contributed by atoms with Gasteiger partial charge in [0.25, 0.3) is 0 Å². The summed E-state index contributed by atoms with van der Waals surface area (Å²) in [5, 5.41) is 10.9. The normalized spacial score (nSPS) is 24.2. The van der Waals surface area contributed by atoms with Gasteiger partial charge in [0.1, 0.15) is 5.60 Å². The minimum absolute atomic E-state index is 0.370. The number of benzene rings is 1. The number of methoxy groups -OCH3 is 1. The van der Waals surface area contributed by atoms with Crippen LogP contribution in [-0.2, 0) is 21.6 Å². The second-order valence-electron chi connectivity index (χ2n) is 4.82. The number of aryl methyl sites for hydroxylation is 1. The summed E-state index contributed by atoms with van der Waals surface area (Å²) < 4.78 is 5.68. The molecule has 0 amide bonds. The summed E-state index contributed by atoms with van der Waals surface area (Å²) in [6.45, 7) is 1.72. The average Bonchev–Trinajstić information content (AvgIpc) is 2.38. The lowest BCUT2D eigenvalue weighted by Gasteiger charge is -2.38. The van der Waals surface area contributed by atoms with E-state index >= 15 is 0 Å². The highest BCUT2D eigenvalue weighted by atomic mass is 79.9. The van der Waals surface area contributed by atoms with Crippen molar-refractivity contribution in [3.05, 3.63) is 33.8 Å². The van der Waals surface area contributed by atoms with Gasteiger partial charge in [0.2, 0.25) is 0 Å². The van der Waals surface area contributed by atoms with Crippen LogP contribution in [0.5, 0.6) is 0 Å². The second-order valence-corrected chi connectivity index (χ2v) is 5.74. The van der Waals surface area contributed by atoms with Crippen molar-refractivity contribution in [2.45, 2.75) is 31.8 Å². The number of halogens is 1. The first kappa shape index (κ1) is 13.6. The van der Waals surface area contributed by atoms with Gasteiger partial charge in [-0.2, -0.15) is 0 Å². The van der Waals surface area contributed by atoms with Crippen molar-refractivity contribution in [3.63, 3.8) is 0 Å². The second kappa shape index (κ2) is 5.02. The Hall–Kier alpha value is -0.870. The molecule has 1 aliphatic rings. The fourth-order valence-corrected chi connectivity index (χ4v) is 3.04. The molecule has 18 heavy (non-hydrogen) atoms. The van der Waals surface area contributed by atoms with Gasteiger partial charge >= 0.3 is 5.97 Å². The van der Waals surface area contributed by atoms with Crippen molar-refractivity contribution < 1.29 is 14.6 Å². The molecule has 0 spiro atoms. The summed E-state index contributed by atoms with van der Waals surface area (Å²) in [5.74, 6) is -0.929. The molecule has 1 aromatic carbocycles. The molecule has 0 saturated heterocycles. The molecule has 0 unspecified atom stereocenters. The molecule has 4 heteroatoms. The van der Waals surface area contributed by atoms with Crippen LogP contribution in [0.15, 0.2) is 22.7 Å². The molecule has 0 saturated carbocycles. The molecule has 0 aromatic heterocycles. The molecular formula is C14H17BrO3. The van der Waals surface area contributed by atoms with E-state index in [0.29, 0.717) is 6.42 Å². The number of carbonyl (C=O) groups excluding carboxylic acids is 1. The first-order chi connectivity index (χ1) is 8.49. The van der Waals surface area contributed by atoms with Crippen molar-refractivity contribution in [2.24, 2.45) is 5.92 Å². The number of carbonyl (C=O) groups is 1. The Bertz CT molecular complexity index is 472. The van der Waals surface area contributed by atoms with Crippen molar-refractivity contribution in [1.82, 2.24) is 0 Å². The standard InChI is InChI=1S/C14H17BrO3/c1-9(13(16)18-2)14(17)7-3-4-10-5-6-11(15)8-12(10)14/h5-6,8-9,17H,3-4,7H2,1-2H3/t9-,14+/m0/s1. The lowest BCUT2D eigenvalue weighted by Crippen LogP contribution is -2.41. The minimum Gasteiger partial charge on any atom is -0.469 e. The molecular weight excluding hydrogens is 296 g/mol. The average molecular weight is 313 g/mol. The predicted molar refractivity (Wildman–Crippen MR) is 72.2 cm³/mol. The summed E-state index contributed by atoms with van der Waals surface area (Å²) in [4.78, 5) is 11.7. The molecule has 2 rings (SSSR count). The molecule has 2 atom stereocenters. The Balaban J connectivity index is 2.47. The van der Waals surface area contributed by atoms with Crippen LogP contribution in [0.3, 0.4) is 0 Å². The third kappa shape index (κ3) is 2.19. The summed E-state index contributed by atoms with van der Waals surface area (Å²) in [5.41, 5.74) is 0.841. The first-order valence-corrected chi connectivity index (χ1v) is 6.87. The van der Waals surface area contributed by atoms with Crippen LogP contribution in [-0.4, -0.2) is 18.2 Å². The summed E-state index contributed by atoms with van der Waals surface area (Å²) >= 11 is 3.42. The van der Waals surface area contributed by atoms with Gasteiger partial charge in [0.15, 0.2) is 0 Å². The van der Waals surface area contributed by atoms with Crippen LogP contribution < -0.4 is 0 Å². The zero-order chi connectivity index (χ0) is 13.3. The van der Waals surface area contributed by atoms with E-state index in [1.807, 2.05) is 18.2 Å². The molecule has 1 aliphatic carbocycles. The van der Waals surface area contributed by atoms with E-state index in [-0.39, 0.29) is 5.97 Å². The Morgan fingerprint density at radius 1 is 1.56 bits per heavy atom. The van der Waals surface area contributed by atoms with Crippen LogP contribution in [0.25, 0.3) is 0 Å². The number of esters is 1. The molecule has 1 aromatic rings. The van der Waals surface area contributed by atoms with Crippen LogP contribution in [0.4, 0.5) is 0 Å². The topological polar surface area (TPSA) is 46.5 Å². The van der Waals surface area contributed by atoms with E-state index < -0.39 is 11.5 Å². The highest BCUT2D eigenvalue weighted by Crippen LogP contribution is 2.42. The lowest BCUT2D eigenvalue weighted by molar-refractivity contribution is -0.156. The molecule has 1 N–H and O–H groups in total. The third-order valence-electron chi connectivity index (χ3n) is 3.81. The lowest BCUT2D eigenvalue weighted by atomic mass is 9.72. The fourth-order valence-electron chi connectivity index (χ4n) is 2.67. The monoisotopic (exact) mass is 312 g/mol. The van der Waals surface area contributed by atoms with Gasteiger partial charge in [-0.3, -0.25) is 4.79 Å². The fraction of sp³-hybridized carbons (Fsp3) is 0.500. The van der Waals surface area contributed by atoms with Gasteiger partial charge in [-0.15, -0.1) is 0 Å². The zero-order valence-corrected chi connectivity index (χ0v) is 12.2. The van der Waals surface area contributed by atoms with Crippen molar-refractivity contribution in [1.29, 1.82) is 0 Å². The zero-order valence-electron chi connectivity index (χ0n) is 10.6. The molecule has 0 bridgehead atoms.